The highest BCUT2D eigenvalue weighted by Crippen LogP contribution is 2.24. The van der Waals surface area contributed by atoms with Gasteiger partial charge in [0.05, 0.1) is 0 Å². The molecule has 15 heavy (non-hydrogen) atoms. The Hall–Kier alpha value is -1.37. The molecule has 1 aliphatic rings. The maximum absolute atomic E-state index is 11.6. The minimum absolute atomic E-state index is 0.291. The monoisotopic (exact) mass is 200 g/mol. The van der Waals surface area contributed by atoms with Gasteiger partial charge in [0.15, 0.2) is 0 Å². The van der Waals surface area contributed by atoms with Crippen LogP contribution in [-0.4, -0.2) is 5.78 Å². The number of carbonyl (C=O) groups is 1. The van der Waals surface area contributed by atoms with Crippen molar-refractivity contribution in [2.24, 2.45) is 0 Å². The molecule has 0 radical (unpaired) electrons. The maximum Gasteiger partial charge on any atom is 0.133 e. The summed E-state index contributed by atoms with van der Waals surface area (Å²) in [6.07, 6.45) is 7.86. The number of carbonyl (C=O) groups excluding carboxylic acids is 1. The van der Waals surface area contributed by atoms with E-state index in [1.807, 2.05) is 18.2 Å². The first kappa shape index (κ1) is 10.2. The van der Waals surface area contributed by atoms with E-state index in [1.54, 1.807) is 0 Å². The van der Waals surface area contributed by atoms with Crippen molar-refractivity contribution in [3.05, 3.63) is 48.0 Å². The zero-order valence-electron chi connectivity index (χ0n) is 8.86. The van der Waals surface area contributed by atoms with Crippen molar-refractivity contribution in [2.45, 2.75) is 31.6 Å². The summed E-state index contributed by atoms with van der Waals surface area (Å²) < 4.78 is 0. The van der Waals surface area contributed by atoms with Crippen LogP contribution in [0, 0.1) is 0 Å². The molecule has 78 valence electrons. The lowest BCUT2D eigenvalue weighted by Crippen LogP contribution is -2.07. The molecule has 1 aliphatic carbocycles. The molecule has 2 rings (SSSR count). The predicted octanol–water partition coefficient (Wildman–Crippen LogP) is 3.47. The van der Waals surface area contributed by atoms with Crippen molar-refractivity contribution in [3.8, 4) is 0 Å². The predicted molar refractivity (Wildman–Crippen MR) is 61.8 cm³/mol. The summed E-state index contributed by atoms with van der Waals surface area (Å²) in [6.45, 7) is 0. The summed E-state index contributed by atoms with van der Waals surface area (Å²) in [5, 5.41) is 0. The Labute approximate surface area is 90.8 Å². The van der Waals surface area contributed by atoms with Crippen LogP contribution in [0.15, 0.2) is 42.5 Å². The molecule has 0 saturated heterocycles. The van der Waals surface area contributed by atoms with Gasteiger partial charge in [0.25, 0.3) is 0 Å². The lowest BCUT2D eigenvalue weighted by molar-refractivity contribution is -0.119. The van der Waals surface area contributed by atoms with Crippen LogP contribution < -0.4 is 0 Å². The second-order valence-electron chi connectivity index (χ2n) is 4.08. The average Bonchev–Trinajstić information content (AvgIpc) is 2.24. The highest BCUT2D eigenvalue weighted by Gasteiger charge is 2.14. The number of benzene rings is 1. The van der Waals surface area contributed by atoms with Crippen molar-refractivity contribution < 1.29 is 4.79 Å². The Morgan fingerprint density at radius 3 is 2.73 bits per heavy atom. The number of ketones is 1. The minimum Gasteiger partial charge on any atom is -0.300 e. The van der Waals surface area contributed by atoms with Gasteiger partial charge >= 0.3 is 0 Å². The largest absolute Gasteiger partial charge is 0.300 e. The van der Waals surface area contributed by atoms with Crippen LogP contribution in [-0.2, 0) is 4.79 Å². The number of hydrogen-bond donors (Lipinski definition) is 0. The van der Waals surface area contributed by atoms with E-state index in [-0.39, 0.29) is 0 Å². The molecule has 1 aromatic carbocycles. The van der Waals surface area contributed by atoms with E-state index in [9.17, 15) is 4.79 Å². The van der Waals surface area contributed by atoms with Crippen LogP contribution in [0.4, 0.5) is 0 Å². The Morgan fingerprint density at radius 1 is 1.13 bits per heavy atom. The molecule has 0 heterocycles. The molecule has 1 nitrogen and oxygen atoms in total. The van der Waals surface area contributed by atoms with Crippen LogP contribution in [0.5, 0.6) is 0 Å². The molecule has 0 spiro atoms. The van der Waals surface area contributed by atoms with E-state index in [0.29, 0.717) is 18.1 Å². The maximum atomic E-state index is 11.6. The number of rotatable bonds is 1. The molecule has 1 heteroatoms. The smallest absolute Gasteiger partial charge is 0.133 e. The Kier molecular flexibility index (Phi) is 3.33. The van der Waals surface area contributed by atoms with Crippen molar-refractivity contribution in [3.63, 3.8) is 0 Å². The standard InChI is InChI=1S/C14H16O/c15-14-10-6-2-5-9-13(11-14)12-7-3-1-4-8-12/h1,3-5,7-9,13H,2,6,10-11H2. The van der Waals surface area contributed by atoms with Gasteiger partial charge in [-0.3, -0.25) is 4.79 Å². The van der Waals surface area contributed by atoms with Crippen LogP contribution >= 0.6 is 0 Å². The fourth-order valence-electron chi connectivity index (χ4n) is 2.02. The summed E-state index contributed by atoms with van der Waals surface area (Å²) in [4.78, 5) is 11.6. The third-order valence-corrected chi connectivity index (χ3v) is 2.87. The van der Waals surface area contributed by atoms with E-state index in [0.717, 1.165) is 19.3 Å². The van der Waals surface area contributed by atoms with Crippen LogP contribution in [0.25, 0.3) is 0 Å². The van der Waals surface area contributed by atoms with Crippen LogP contribution in [0.1, 0.15) is 37.2 Å². The summed E-state index contributed by atoms with van der Waals surface area (Å²) in [7, 11) is 0. The molecule has 0 N–H and O–H groups in total. The van der Waals surface area contributed by atoms with Gasteiger partial charge in [-0.25, -0.2) is 0 Å². The Balaban J connectivity index is 2.19. The van der Waals surface area contributed by atoms with Gasteiger partial charge in [-0.05, 0) is 18.4 Å². The molecule has 0 saturated carbocycles. The second-order valence-corrected chi connectivity index (χ2v) is 4.08. The summed E-state index contributed by atoms with van der Waals surface area (Å²) in [5.74, 6) is 0.687. The van der Waals surface area contributed by atoms with Crippen molar-refractivity contribution in [1.29, 1.82) is 0 Å². The van der Waals surface area contributed by atoms with E-state index in [1.165, 1.54) is 5.56 Å². The highest BCUT2D eigenvalue weighted by molar-refractivity contribution is 5.79. The number of hydrogen-bond acceptors (Lipinski definition) is 1. The fourth-order valence-corrected chi connectivity index (χ4v) is 2.02. The first-order valence-corrected chi connectivity index (χ1v) is 5.59. The van der Waals surface area contributed by atoms with Crippen LogP contribution in [0.2, 0.25) is 0 Å². The number of allylic oxidation sites excluding steroid dienone is 2. The topological polar surface area (TPSA) is 17.1 Å². The fraction of sp³-hybridized carbons (Fsp3) is 0.357. The molecular weight excluding hydrogens is 184 g/mol. The first-order valence-electron chi connectivity index (χ1n) is 5.59. The molecule has 1 unspecified atom stereocenters. The molecule has 0 aromatic heterocycles. The molecule has 0 bridgehead atoms. The molecule has 0 amide bonds. The van der Waals surface area contributed by atoms with Gasteiger partial charge in [-0.2, -0.15) is 0 Å². The summed E-state index contributed by atoms with van der Waals surface area (Å²) in [6, 6.07) is 10.3. The van der Waals surface area contributed by atoms with Gasteiger partial charge in [-0.1, -0.05) is 42.5 Å². The highest BCUT2D eigenvalue weighted by atomic mass is 16.1. The van der Waals surface area contributed by atoms with Crippen molar-refractivity contribution in [1.82, 2.24) is 0 Å². The average molecular weight is 200 g/mol. The Morgan fingerprint density at radius 2 is 1.93 bits per heavy atom. The van der Waals surface area contributed by atoms with E-state index >= 15 is 0 Å². The normalized spacial score (nSPS) is 22.1. The lowest BCUT2D eigenvalue weighted by atomic mass is 9.90. The number of Topliss-reactive ketones (excluding diaryl/α,β-unsaturated/α-hetero) is 1. The third-order valence-electron chi connectivity index (χ3n) is 2.87. The van der Waals surface area contributed by atoms with Gasteiger partial charge < -0.3 is 0 Å². The van der Waals surface area contributed by atoms with Crippen molar-refractivity contribution in [2.75, 3.05) is 0 Å². The molecule has 1 aromatic rings. The minimum atomic E-state index is 0.291. The third kappa shape index (κ3) is 2.79. The van der Waals surface area contributed by atoms with Gasteiger partial charge in [0.1, 0.15) is 5.78 Å². The molecular formula is C14H16O. The van der Waals surface area contributed by atoms with E-state index < -0.39 is 0 Å². The van der Waals surface area contributed by atoms with Crippen molar-refractivity contribution >= 4 is 5.78 Å². The van der Waals surface area contributed by atoms with Crippen LogP contribution in [0.3, 0.4) is 0 Å². The quantitative estimate of drug-likeness (QED) is 0.634. The van der Waals surface area contributed by atoms with E-state index in [4.69, 9.17) is 0 Å². The zero-order chi connectivity index (χ0) is 10.5. The lowest BCUT2D eigenvalue weighted by Gasteiger charge is -2.14. The van der Waals surface area contributed by atoms with Gasteiger partial charge in [0, 0.05) is 18.8 Å². The molecule has 1 atom stereocenters. The SMILES string of the molecule is O=C1CCCC=CC(c2ccccc2)C1. The van der Waals surface area contributed by atoms with E-state index in [2.05, 4.69) is 24.3 Å². The second kappa shape index (κ2) is 4.92. The summed E-state index contributed by atoms with van der Waals surface area (Å²) >= 11 is 0. The summed E-state index contributed by atoms with van der Waals surface area (Å²) in [5.41, 5.74) is 1.25. The van der Waals surface area contributed by atoms with Gasteiger partial charge in [0.2, 0.25) is 0 Å². The Bertz CT molecular complexity index is 351. The molecule has 0 fully saturated rings. The zero-order valence-corrected chi connectivity index (χ0v) is 8.86. The molecule has 0 aliphatic heterocycles. The van der Waals surface area contributed by atoms with Gasteiger partial charge in [-0.15, -0.1) is 0 Å². The first-order chi connectivity index (χ1) is 7.36.